The monoisotopic (exact) mass is 276 g/mol. The number of aliphatic hydroxyl groups excluding tert-OH is 1. The van der Waals surface area contributed by atoms with Crippen LogP contribution in [0.2, 0.25) is 0 Å². The second-order valence-corrected chi connectivity index (χ2v) is 5.04. The molecule has 2 aliphatic rings. The summed E-state index contributed by atoms with van der Waals surface area (Å²) in [6.07, 6.45) is 1.20. The van der Waals surface area contributed by atoms with Crippen LogP contribution in [0, 0.1) is 0 Å². The number of aryl methyl sites for hydroxylation is 1. The number of hydrogen-bond acceptors (Lipinski definition) is 4. The van der Waals surface area contributed by atoms with Crippen molar-refractivity contribution in [2.24, 2.45) is 0 Å². The first-order chi connectivity index (χ1) is 9.67. The van der Waals surface area contributed by atoms with Crippen LogP contribution in [0.15, 0.2) is 18.2 Å². The Kier molecular flexibility index (Phi) is 3.31. The van der Waals surface area contributed by atoms with Gasteiger partial charge in [-0.1, -0.05) is 0 Å². The molecule has 1 aromatic rings. The van der Waals surface area contributed by atoms with Crippen LogP contribution < -0.4 is 10.2 Å². The number of cyclic esters (lactones) is 1. The second-order valence-electron chi connectivity index (χ2n) is 5.04. The van der Waals surface area contributed by atoms with Crippen molar-refractivity contribution in [3.05, 3.63) is 23.8 Å². The first-order valence-corrected chi connectivity index (χ1v) is 6.69. The number of carbonyl (C=O) groups excluding carboxylic acids is 2. The van der Waals surface area contributed by atoms with Gasteiger partial charge in [0.2, 0.25) is 5.91 Å². The molecule has 1 atom stereocenters. The standard InChI is InChI=1S/C14H16N2O4/c17-8-11-7-16(14(19)20-11)10-4-5-12-9(6-10)2-1-3-13(18)15-12/h4-6,11,17H,1-3,7-8H2,(H,15,18)/t11-/m1/s1. The molecule has 20 heavy (non-hydrogen) atoms. The summed E-state index contributed by atoms with van der Waals surface area (Å²) in [6, 6.07) is 5.50. The number of nitrogens with one attached hydrogen (secondary N) is 1. The number of ether oxygens (including phenoxy) is 1. The fourth-order valence-corrected chi connectivity index (χ4v) is 2.56. The molecule has 1 fully saturated rings. The van der Waals surface area contributed by atoms with Gasteiger partial charge in [-0.25, -0.2) is 4.79 Å². The minimum atomic E-state index is -0.471. The van der Waals surface area contributed by atoms with E-state index in [0.29, 0.717) is 13.0 Å². The Morgan fingerprint density at radius 1 is 1.35 bits per heavy atom. The predicted molar refractivity (Wildman–Crippen MR) is 72.7 cm³/mol. The second kappa shape index (κ2) is 5.13. The van der Waals surface area contributed by atoms with Gasteiger partial charge in [0, 0.05) is 17.8 Å². The Balaban J connectivity index is 1.87. The van der Waals surface area contributed by atoms with Gasteiger partial charge in [-0.3, -0.25) is 9.69 Å². The minimum Gasteiger partial charge on any atom is -0.441 e. The fourth-order valence-electron chi connectivity index (χ4n) is 2.56. The molecule has 2 aliphatic heterocycles. The highest BCUT2D eigenvalue weighted by Gasteiger charge is 2.32. The molecule has 1 saturated heterocycles. The summed E-state index contributed by atoms with van der Waals surface area (Å²) < 4.78 is 5.03. The zero-order valence-electron chi connectivity index (χ0n) is 11.0. The van der Waals surface area contributed by atoms with Crippen molar-refractivity contribution in [3.8, 4) is 0 Å². The summed E-state index contributed by atoms with van der Waals surface area (Å²) in [7, 11) is 0. The van der Waals surface area contributed by atoms with Crippen LogP contribution in [0.4, 0.5) is 16.2 Å². The molecule has 6 nitrogen and oxygen atoms in total. The van der Waals surface area contributed by atoms with E-state index in [1.54, 1.807) is 6.07 Å². The molecule has 0 aromatic heterocycles. The first kappa shape index (κ1) is 12.9. The third-order valence-corrected chi connectivity index (χ3v) is 3.60. The number of rotatable bonds is 2. The van der Waals surface area contributed by atoms with Gasteiger partial charge in [0.25, 0.3) is 0 Å². The molecule has 2 amide bonds. The molecule has 0 aliphatic carbocycles. The van der Waals surface area contributed by atoms with Gasteiger partial charge in [-0.05, 0) is 36.6 Å². The zero-order valence-corrected chi connectivity index (χ0v) is 11.0. The maximum Gasteiger partial charge on any atom is 0.414 e. The summed E-state index contributed by atoms with van der Waals surface area (Å²) in [6.45, 7) is 0.170. The number of aliphatic hydroxyl groups is 1. The number of hydrogen-bond donors (Lipinski definition) is 2. The zero-order chi connectivity index (χ0) is 14.1. The average molecular weight is 276 g/mol. The highest BCUT2D eigenvalue weighted by molar-refractivity contribution is 5.94. The first-order valence-electron chi connectivity index (χ1n) is 6.69. The molecule has 0 saturated carbocycles. The Morgan fingerprint density at radius 2 is 2.20 bits per heavy atom. The highest BCUT2D eigenvalue weighted by Crippen LogP contribution is 2.29. The van der Waals surface area contributed by atoms with Crippen molar-refractivity contribution in [1.82, 2.24) is 0 Å². The van der Waals surface area contributed by atoms with E-state index in [9.17, 15) is 9.59 Å². The van der Waals surface area contributed by atoms with E-state index < -0.39 is 12.2 Å². The molecule has 1 aromatic carbocycles. The summed E-state index contributed by atoms with van der Waals surface area (Å²) in [4.78, 5) is 24.8. The number of carbonyl (C=O) groups is 2. The number of nitrogens with zero attached hydrogens (tertiary/aromatic N) is 1. The Bertz CT molecular complexity index is 558. The van der Waals surface area contributed by atoms with Crippen LogP contribution in [0.3, 0.4) is 0 Å². The lowest BCUT2D eigenvalue weighted by molar-refractivity contribution is -0.116. The van der Waals surface area contributed by atoms with Gasteiger partial charge in [0.15, 0.2) is 0 Å². The summed E-state index contributed by atoms with van der Waals surface area (Å²) in [5, 5.41) is 11.9. The van der Waals surface area contributed by atoms with E-state index in [0.717, 1.165) is 29.8 Å². The molecule has 6 heteroatoms. The van der Waals surface area contributed by atoms with Gasteiger partial charge < -0.3 is 15.2 Å². The van der Waals surface area contributed by atoms with Crippen molar-refractivity contribution in [3.63, 3.8) is 0 Å². The van der Waals surface area contributed by atoms with Gasteiger partial charge in [-0.2, -0.15) is 0 Å². The topological polar surface area (TPSA) is 78.9 Å². The molecule has 2 N–H and O–H groups in total. The summed E-state index contributed by atoms with van der Waals surface area (Å²) >= 11 is 0. The number of anilines is 2. The average Bonchev–Trinajstić information content (AvgIpc) is 2.71. The minimum absolute atomic E-state index is 0.0254. The molecule has 2 heterocycles. The van der Waals surface area contributed by atoms with Gasteiger partial charge >= 0.3 is 6.09 Å². The third kappa shape index (κ3) is 2.34. The van der Waals surface area contributed by atoms with Crippen LogP contribution in [0.5, 0.6) is 0 Å². The largest absolute Gasteiger partial charge is 0.441 e. The molecular weight excluding hydrogens is 260 g/mol. The highest BCUT2D eigenvalue weighted by atomic mass is 16.6. The van der Waals surface area contributed by atoms with Crippen molar-refractivity contribution in [2.75, 3.05) is 23.4 Å². The van der Waals surface area contributed by atoms with E-state index in [-0.39, 0.29) is 12.5 Å². The maximum atomic E-state index is 11.8. The van der Waals surface area contributed by atoms with E-state index in [1.807, 2.05) is 12.1 Å². The third-order valence-electron chi connectivity index (χ3n) is 3.60. The van der Waals surface area contributed by atoms with Crippen LogP contribution in [-0.2, 0) is 16.0 Å². The Labute approximate surface area is 116 Å². The van der Waals surface area contributed by atoms with Crippen LogP contribution in [-0.4, -0.2) is 36.4 Å². The lowest BCUT2D eigenvalue weighted by Gasteiger charge is -2.15. The molecule has 0 radical (unpaired) electrons. The number of amides is 2. The lowest BCUT2D eigenvalue weighted by atomic mass is 10.1. The van der Waals surface area contributed by atoms with Gasteiger partial charge in [0.1, 0.15) is 6.10 Å². The van der Waals surface area contributed by atoms with Crippen molar-refractivity contribution in [1.29, 1.82) is 0 Å². The van der Waals surface area contributed by atoms with Crippen LogP contribution in [0.25, 0.3) is 0 Å². The molecule has 106 valence electrons. The Hall–Kier alpha value is -2.08. The maximum absolute atomic E-state index is 11.8. The number of benzene rings is 1. The van der Waals surface area contributed by atoms with Gasteiger partial charge in [0.05, 0.1) is 13.2 Å². The van der Waals surface area contributed by atoms with Gasteiger partial charge in [-0.15, -0.1) is 0 Å². The van der Waals surface area contributed by atoms with E-state index in [4.69, 9.17) is 9.84 Å². The quantitative estimate of drug-likeness (QED) is 0.853. The molecular formula is C14H16N2O4. The van der Waals surface area contributed by atoms with E-state index >= 15 is 0 Å². The van der Waals surface area contributed by atoms with E-state index in [2.05, 4.69) is 5.32 Å². The molecule has 0 bridgehead atoms. The van der Waals surface area contributed by atoms with Crippen molar-refractivity contribution >= 4 is 23.4 Å². The summed E-state index contributed by atoms with van der Waals surface area (Å²) in [5.41, 5.74) is 2.57. The smallest absolute Gasteiger partial charge is 0.414 e. The predicted octanol–water partition coefficient (Wildman–Crippen LogP) is 1.28. The van der Waals surface area contributed by atoms with E-state index in [1.165, 1.54) is 4.90 Å². The molecule has 0 spiro atoms. The SMILES string of the molecule is O=C1CCCc2cc(N3C[C@H](CO)OC3=O)ccc2N1. The van der Waals surface area contributed by atoms with Crippen molar-refractivity contribution < 1.29 is 19.4 Å². The lowest BCUT2D eigenvalue weighted by Crippen LogP contribution is -2.25. The molecule has 3 rings (SSSR count). The fraction of sp³-hybridized carbons (Fsp3) is 0.429. The number of fused-ring (bicyclic) bond motifs is 1. The van der Waals surface area contributed by atoms with Crippen molar-refractivity contribution in [2.45, 2.75) is 25.4 Å². The Morgan fingerprint density at radius 3 is 2.95 bits per heavy atom. The van der Waals surface area contributed by atoms with Crippen LogP contribution >= 0.6 is 0 Å². The summed E-state index contributed by atoms with van der Waals surface area (Å²) in [5.74, 6) is 0.0254. The molecule has 0 unspecified atom stereocenters. The van der Waals surface area contributed by atoms with Crippen LogP contribution in [0.1, 0.15) is 18.4 Å². The normalized spacial score (nSPS) is 22.1.